The second kappa shape index (κ2) is 6.11. The van der Waals surface area contributed by atoms with E-state index in [4.69, 9.17) is 10.5 Å². The molecule has 7 rings (SSSR count). The number of hydrogen-bond donors (Lipinski definition) is 2. The number of aromatic nitrogens is 3. The van der Waals surface area contributed by atoms with Gasteiger partial charge in [0, 0.05) is 53.1 Å². The fraction of sp³-hybridized carbons (Fsp3) is 0.333. The maximum atomic E-state index is 6.15. The lowest BCUT2D eigenvalue weighted by Gasteiger charge is -2.70. The molecule has 0 atom stereocenters. The van der Waals surface area contributed by atoms with E-state index in [-0.39, 0.29) is 0 Å². The molecule has 3 aliphatic carbocycles. The highest BCUT2D eigenvalue weighted by Gasteiger charge is 2.67. The van der Waals surface area contributed by atoms with Gasteiger partial charge in [-0.25, -0.2) is 9.97 Å². The van der Waals surface area contributed by atoms with Crippen molar-refractivity contribution in [3.05, 3.63) is 60.7 Å². The first-order chi connectivity index (χ1) is 14.5. The average Bonchev–Trinajstić information content (AvgIpc) is 3.05. The molecule has 3 N–H and O–H groups in total. The smallest absolute Gasteiger partial charge is 0.140 e. The van der Waals surface area contributed by atoms with Crippen molar-refractivity contribution >= 4 is 27.9 Å². The fourth-order valence-electron chi connectivity index (χ4n) is 5.65. The molecule has 3 aliphatic rings. The number of fused-ring (bicyclic) bond motifs is 2. The number of imidazole rings is 1. The molecule has 6 heteroatoms. The Hall–Kier alpha value is -3.28. The van der Waals surface area contributed by atoms with Crippen LogP contribution in [0.5, 0.6) is 5.75 Å². The molecular weight excluding hydrogens is 374 g/mol. The minimum absolute atomic E-state index is 0.353. The van der Waals surface area contributed by atoms with E-state index in [1.807, 2.05) is 54.0 Å². The Balaban J connectivity index is 1.07. The predicted octanol–water partition coefficient (Wildman–Crippen LogP) is 4.43. The van der Waals surface area contributed by atoms with Crippen molar-refractivity contribution in [1.29, 1.82) is 0 Å². The van der Waals surface area contributed by atoms with Crippen molar-refractivity contribution < 1.29 is 4.74 Å². The van der Waals surface area contributed by atoms with Crippen LogP contribution in [0.15, 0.2) is 55.0 Å². The highest BCUT2D eigenvalue weighted by Crippen LogP contribution is 2.73. The van der Waals surface area contributed by atoms with E-state index in [2.05, 4.69) is 21.4 Å². The lowest BCUT2D eigenvalue weighted by atomic mass is 9.35. The lowest BCUT2D eigenvalue weighted by Crippen LogP contribution is -2.66. The van der Waals surface area contributed by atoms with Gasteiger partial charge in [-0.05, 0) is 49.8 Å². The van der Waals surface area contributed by atoms with E-state index >= 15 is 0 Å². The van der Waals surface area contributed by atoms with E-state index in [1.54, 1.807) is 6.20 Å². The number of pyridine rings is 2. The van der Waals surface area contributed by atoms with Crippen LogP contribution < -0.4 is 15.8 Å². The number of anilines is 2. The maximum absolute atomic E-state index is 6.15. The van der Waals surface area contributed by atoms with Crippen LogP contribution in [0.4, 0.5) is 11.5 Å². The summed E-state index contributed by atoms with van der Waals surface area (Å²) in [6, 6.07) is 12.3. The van der Waals surface area contributed by atoms with Gasteiger partial charge >= 0.3 is 0 Å². The molecule has 2 bridgehead atoms. The molecule has 1 aromatic carbocycles. The molecule has 4 aromatic rings. The van der Waals surface area contributed by atoms with Crippen LogP contribution in [0, 0.1) is 17.8 Å². The normalized spacial score (nSPS) is 24.4. The Morgan fingerprint density at radius 1 is 1.13 bits per heavy atom. The zero-order valence-corrected chi connectivity index (χ0v) is 17.1. The number of nitrogen functional groups attached to an aromatic ring is 1. The van der Waals surface area contributed by atoms with Crippen LogP contribution in [-0.4, -0.2) is 27.5 Å². The first kappa shape index (κ1) is 17.6. The standard InChI is InChI=1S/C24H25N5O/c1-16-10-29-8-6-17(9-21(29)28-16)30-15-24-11-23(12-24,13-24)14-27-20-4-2-3-19-18(20)5-7-26-22(19)25/h2-10,27H,11-15H2,1H3,(H2,25,26). The van der Waals surface area contributed by atoms with Gasteiger partial charge in [0.2, 0.25) is 0 Å². The minimum Gasteiger partial charge on any atom is -0.493 e. The van der Waals surface area contributed by atoms with Gasteiger partial charge in [0.05, 0.1) is 12.3 Å². The molecule has 3 heterocycles. The van der Waals surface area contributed by atoms with Gasteiger partial charge in [0.25, 0.3) is 0 Å². The minimum atomic E-state index is 0.353. The van der Waals surface area contributed by atoms with E-state index < -0.39 is 0 Å². The molecule has 3 aromatic heterocycles. The third-order valence-electron chi connectivity index (χ3n) is 6.84. The van der Waals surface area contributed by atoms with E-state index in [0.717, 1.165) is 46.7 Å². The summed E-state index contributed by atoms with van der Waals surface area (Å²) in [6.45, 7) is 3.80. The lowest BCUT2D eigenvalue weighted by molar-refractivity contribution is -0.209. The number of aryl methyl sites for hydroxylation is 1. The number of ether oxygens (including phenoxy) is 1. The van der Waals surface area contributed by atoms with Crippen LogP contribution in [0.25, 0.3) is 16.4 Å². The van der Waals surface area contributed by atoms with Crippen LogP contribution >= 0.6 is 0 Å². The summed E-state index contributed by atoms with van der Waals surface area (Å²) in [4.78, 5) is 8.71. The van der Waals surface area contributed by atoms with Crippen LogP contribution in [0.1, 0.15) is 25.0 Å². The Labute approximate surface area is 175 Å². The molecule has 0 saturated heterocycles. The van der Waals surface area contributed by atoms with Gasteiger partial charge in [-0.1, -0.05) is 12.1 Å². The summed E-state index contributed by atoms with van der Waals surface area (Å²) in [6.07, 6.45) is 9.51. The second-order valence-corrected chi connectivity index (χ2v) is 9.28. The Morgan fingerprint density at radius 3 is 2.87 bits per heavy atom. The van der Waals surface area contributed by atoms with Crippen LogP contribution in [0.2, 0.25) is 0 Å². The summed E-state index contributed by atoms with van der Waals surface area (Å²) in [5.74, 6) is 1.49. The number of nitrogens with two attached hydrogens (primary N) is 1. The first-order valence-electron chi connectivity index (χ1n) is 10.5. The van der Waals surface area contributed by atoms with E-state index in [1.165, 1.54) is 19.3 Å². The quantitative estimate of drug-likeness (QED) is 0.501. The maximum Gasteiger partial charge on any atom is 0.140 e. The van der Waals surface area contributed by atoms with Crippen molar-refractivity contribution in [2.75, 3.05) is 24.2 Å². The van der Waals surface area contributed by atoms with E-state index in [9.17, 15) is 0 Å². The van der Waals surface area contributed by atoms with Gasteiger partial charge in [-0.2, -0.15) is 0 Å². The highest BCUT2D eigenvalue weighted by molar-refractivity contribution is 5.99. The van der Waals surface area contributed by atoms with Crippen molar-refractivity contribution in [2.45, 2.75) is 26.2 Å². The molecule has 0 amide bonds. The molecule has 152 valence electrons. The third-order valence-corrected chi connectivity index (χ3v) is 6.84. The van der Waals surface area contributed by atoms with Crippen molar-refractivity contribution in [3.8, 4) is 5.75 Å². The Morgan fingerprint density at radius 2 is 2.00 bits per heavy atom. The summed E-state index contributed by atoms with van der Waals surface area (Å²) in [5, 5.41) is 5.82. The zero-order chi connectivity index (χ0) is 20.3. The molecule has 0 radical (unpaired) electrons. The van der Waals surface area contributed by atoms with Crippen LogP contribution in [0.3, 0.4) is 0 Å². The molecule has 30 heavy (non-hydrogen) atoms. The van der Waals surface area contributed by atoms with Crippen molar-refractivity contribution in [1.82, 2.24) is 14.4 Å². The fourth-order valence-corrected chi connectivity index (χ4v) is 5.65. The third kappa shape index (κ3) is 2.70. The number of hydrogen-bond acceptors (Lipinski definition) is 5. The largest absolute Gasteiger partial charge is 0.493 e. The average molecular weight is 399 g/mol. The zero-order valence-electron chi connectivity index (χ0n) is 17.1. The van der Waals surface area contributed by atoms with Gasteiger partial charge in [0.15, 0.2) is 0 Å². The first-order valence-corrected chi connectivity index (χ1v) is 10.5. The molecule has 0 spiro atoms. The number of benzene rings is 1. The monoisotopic (exact) mass is 399 g/mol. The molecule has 0 unspecified atom stereocenters. The molecule has 3 fully saturated rings. The number of nitrogens with zero attached hydrogens (tertiary/aromatic N) is 3. The number of rotatable bonds is 6. The Bertz CT molecular complexity index is 1260. The van der Waals surface area contributed by atoms with E-state index in [0.29, 0.717) is 16.6 Å². The molecule has 6 nitrogen and oxygen atoms in total. The van der Waals surface area contributed by atoms with Gasteiger partial charge < -0.3 is 20.2 Å². The van der Waals surface area contributed by atoms with Crippen molar-refractivity contribution in [3.63, 3.8) is 0 Å². The second-order valence-electron chi connectivity index (χ2n) is 9.28. The van der Waals surface area contributed by atoms with Gasteiger partial charge in [-0.3, -0.25) is 0 Å². The molecule has 3 saturated carbocycles. The highest BCUT2D eigenvalue weighted by atomic mass is 16.5. The summed E-state index contributed by atoms with van der Waals surface area (Å²) >= 11 is 0. The van der Waals surface area contributed by atoms with Crippen LogP contribution in [-0.2, 0) is 0 Å². The predicted molar refractivity (Wildman–Crippen MR) is 119 cm³/mol. The van der Waals surface area contributed by atoms with Gasteiger partial charge in [-0.15, -0.1) is 0 Å². The van der Waals surface area contributed by atoms with Gasteiger partial charge in [0.1, 0.15) is 17.2 Å². The summed E-state index contributed by atoms with van der Waals surface area (Å²) in [5.41, 5.74) is 9.89. The SMILES string of the molecule is Cc1cn2ccc(OCC34CC(CNc5cccc6c(N)nccc56)(C3)C4)cc2n1. The molecule has 0 aliphatic heterocycles. The summed E-state index contributed by atoms with van der Waals surface area (Å²) < 4.78 is 8.18. The van der Waals surface area contributed by atoms with Crippen molar-refractivity contribution in [2.24, 2.45) is 10.8 Å². The number of nitrogens with one attached hydrogen (secondary N) is 1. The topological polar surface area (TPSA) is 77.5 Å². The molecular formula is C24H25N5O. The summed E-state index contributed by atoms with van der Waals surface area (Å²) in [7, 11) is 0. The Kier molecular flexibility index (Phi) is 3.58.